The Bertz CT molecular complexity index is 387. The Morgan fingerprint density at radius 1 is 1.39 bits per heavy atom. The van der Waals surface area contributed by atoms with Gasteiger partial charge in [0.2, 0.25) is 0 Å². The molecule has 0 atom stereocenters. The highest BCUT2D eigenvalue weighted by molar-refractivity contribution is 9.10. The number of nitrogens with zero attached hydrogens (tertiary/aromatic N) is 1. The van der Waals surface area contributed by atoms with Crippen LogP contribution in [0, 0.1) is 0 Å². The standard InChI is InChI=1S/C12H18BrN3O2/c1-12(2,3)18-11(17)15-7-6-14-9-4-5-10(13)16-8-9/h4-5,8,14H,6-7H2,1-3H3,(H,15,17). The Morgan fingerprint density at radius 3 is 2.67 bits per heavy atom. The lowest BCUT2D eigenvalue weighted by Gasteiger charge is -2.19. The van der Waals surface area contributed by atoms with Crippen LogP contribution in [0.4, 0.5) is 10.5 Å². The van der Waals surface area contributed by atoms with E-state index in [1.807, 2.05) is 32.9 Å². The third kappa shape index (κ3) is 6.44. The molecule has 2 N–H and O–H groups in total. The average molecular weight is 316 g/mol. The molecular formula is C12H18BrN3O2. The molecule has 0 radical (unpaired) electrons. The van der Waals surface area contributed by atoms with Crippen LogP contribution in [0.1, 0.15) is 20.8 Å². The highest BCUT2D eigenvalue weighted by Crippen LogP contribution is 2.09. The number of anilines is 1. The SMILES string of the molecule is CC(C)(C)OC(=O)NCCNc1ccc(Br)nc1. The van der Waals surface area contributed by atoms with E-state index in [4.69, 9.17) is 4.74 Å². The number of hydrogen-bond donors (Lipinski definition) is 2. The molecule has 1 amide bonds. The summed E-state index contributed by atoms with van der Waals surface area (Å²) in [5, 5.41) is 5.80. The first-order chi connectivity index (χ1) is 8.37. The first kappa shape index (κ1) is 14.8. The predicted octanol–water partition coefficient (Wildman–Crippen LogP) is 2.78. The van der Waals surface area contributed by atoms with E-state index in [0.717, 1.165) is 10.3 Å². The summed E-state index contributed by atoms with van der Waals surface area (Å²) in [5.74, 6) is 0. The zero-order valence-electron chi connectivity index (χ0n) is 10.8. The lowest BCUT2D eigenvalue weighted by atomic mass is 10.2. The van der Waals surface area contributed by atoms with Gasteiger partial charge in [-0.3, -0.25) is 0 Å². The van der Waals surface area contributed by atoms with E-state index >= 15 is 0 Å². The summed E-state index contributed by atoms with van der Waals surface area (Å²) in [6.07, 6.45) is 1.32. The van der Waals surface area contributed by atoms with E-state index in [1.54, 1.807) is 6.20 Å². The van der Waals surface area contributed by atoms with Gasteiger partial charge in [0.05, 0.1) is 11.9 Å². The number of nitrogens with one attached hydrogen (secondary N) is 2. The summed E-state index contributed by atoms with van der Waals surface area (Å²) in [6, 6.07) is 3.76. The molecular weight excluding hydrogens is 298 g/mol. The van der Waals surface area contributed by atoms with Crippen molar-refractivity contribution in [1.82, 2.24) is 10.3 Å². The monoisotopic (exact) mass is 315 g/mol. The van der Waals surface area contributed by atoms with Crippen LogP contribution < -0.4 is 10.6 Å². The Balaban J connectivity index is 2.19. The Morgan fingerprint density at radius 2 is 2.11 bits per heavy atom. The van der Waals surface area contributed by atoms with Crippen molar-refractivity contribution >= 4 is 27.7 Å². The van der Waals surface area contributed by atoms with Crippen LogP contribution in [0.2, 0.25) is 0 Å². The maximum atomic E-state index is 11.3. The molecule has 1 aromatic heterocycles. The summed E-state index contributed by atoms with van der Waals surface area (Å²) in [5.41, 5.74) is 0.442. The Hall–Kier alpha value is -1.30. The Kier molecular flexibility index (Phi) is 5.40. The second-order valence-electron chi connectivity index (χ2n) is 4.73. The molecule has 18 heavy (non-hydrogen) atoms. The predicted molar refractivity (Wildman–Crippen MR) is 74.7 cm³/mol. The molecule has 0 unspecified atom stereocenters. The van der Waals surface area contributed by atoms with Gasteiger partial charge >= 0.3 is 6.09 Å². The number of amides is 1. The van der Waals surface area contributed by atoms with Crippen molar-refractivity contribution in [2.75, 3.05) is 18.4 Å². The molecule has 0 aliphatic rings. The summed E-state index contributed by atoms with van der Waals surface area (Å²) < 4.78 is 5.90. The van der Waals surface area contributed by atoms with Crippen molar-refractivity contribution in [3.8, 4) is 0 Å². The van der Waals surface area contributed by atoms with Crippen LogP contribution in [-0.4, -0.2) is 29.8 Å². The number of alkyl carbamates (subject to hydrolysis) is 1. The van der Waals surface area contributed by atoms with Crippen molar-refractivity contribution in [2.24, 2.45) is 0 Å². The minimum atomic E-state index is -0.465. The van der Waals surface area contributed by atoms with Crippen molar-refractivity contribution in [3.63, 3.8) is 0 Å². The molecule has 0 aromatic carbocycles. The molecule has 6 heteroatoms. The molecule has 0 saturated heterocycles. The van der Waals surface area contributed by atoms with Gasteiger partial charge < -0.3 is 15.4 Å². The number of aromatic nitrogens is 1. The molecule has 1 heterocycles. The van der Waals surface area contributed by atoms with Gasteiger partial charge in [-0.15, -0.1) is 0 Å². The van der Waals surface area contributed by atoms with E-state index < -0.39 is 11.7 Å². The summed E-state index contributed by atoms with van der Waals surface area (Å²) >= 11 is 3.26. The quantitative estimate of drug-likeness (QED) is 0.662. The smallest absolute Gasteiger partial charge is 0.407 e. The number of halogens is 1. The lowest BCUT2D eigenvalue weighted by molar-refractivity contribution is 0.0530. The minimum Gasteiger partial charge on any atom is -0.444 e. The van der Waals surface area contributed by atoms with Crippen LogP contribution in [0.5, 0.6) is 0 Å². The molecule has 1 aromatic rings. The fraction of sp³-hybridized carbons (Fsp3) is 0.500. The van der Waals surface area contributed by atoms with Gasteiger partial charge in [-0.25, -0.2) is 9.78 Å². The largest absolute Gasteiger partial charge is 0.444 e. The molecule has 0 spiro atoms. The van der Waals surface area contributed by atoms with E-state index in [0.29, 0.717) is 13.1 Å². The number of hydrogen-bond acceptors (Lipinski definition) is 4. The fourth-order valence-electron chi connectivity index (χ4n) is 1.17. The highest BCUT2D eigenvalue weighted by atomic mass is 79.9. The molecule has 100 valence electrons. The van der Waals surface area contributed by atoms with Crippen LogP contribution in [0.15, 0.2) is 22.9 Å². The number of pyridine rings is 1. The third-order valence-corrected chi connectivity index (χ3v) is 2.32. The second-order valence-corrected chi connectivity index (χ2v) is 5.54. The van der Waals surface area contributed by atoms with Crippen LogP contribution in [0.25, 0.3) is 0 Å². The van der Waals surface area contributed by atoms with Crippen LogP contribution >= 0.6 is 15.9 Å². The first-order valence-electron chi connectivity index (χ1n) is 5.69. The number of ether oxygens (including phenoxy) is 1. The van der Waals surface area contributed by atoms with E-state index in [-0.39, 0.29) is 0 Å². The Labute approximate surface area is 115 Å². The number of carbonyl (C=O) groups is 1. The summed E-state index contributed by atoms with van der Waals surface area (Å²) in [4.78, 5) is 15.4. The molecule has 0 bridgehead atoms. The van der Waals surface area contributed by atoms with Gasteiger partial charge in [-0.05, 0) is 48.8 Å². The fourth-order valence-corrected chi connectivity index (χ4v) is 1.40. The van der Waals surface area contributed by atoms with Gasteiger partial charge in [-0.1, -0.05) is 0 Å². The van der Waals surface area contributed by atoms with Crippen molar-refractivity contribution < 1.29 is 9.53 Å². The van der Waals surface area contributed by atoms with Gasteiger partial charge in [0.25, 0.3) is 0 Å². The molecule has 0 aliphatic heterocycles. The summed E-state index contributed by atoms with van der Waals surface area (Å²) in [6.45, 7) is 6.60. The van der Waals surface area contributed by atoms with Gasteiger partial charge in [-0.2, -0.15) is 0 Å². The highest BCUT2D eigenvalue weighted by Gasteiger charge is 2.15. The van der Waals surface area contributed by atoms with Gasteiger partial charge in [0, 0.05) is 13.1 Å². The third-order valence-electron chi connectivity index (χ3n) is 1.85. The molecule has 1 rings (SSSR count). The zero-order chi connectivity index (χ0) is 13.6. The zero-order valence-corrected chi connectivity index (χ0v) is 12.4. The molecule has 0 fully saturated rings. The average Bonchev–Trinajstić information content (AvgIpc) is 2.24. The first-order valence-corrected chi connectivity index (χ1v) is 6.48. The van der Waals surface area contributed by atoms with E-state index in [2.05, 4.69) is 31.5 Å². The van der Waals surface area contributed by atoms with Gasteiger partial charge in [0.1, 0.15) is 10.2 Å². The minimum absolute atomic E-state index is 0.404. The summed E-state index contributed by atoms with van der Waals surface area (Å²) in [7, 11) is 0. The molecule has 0 saturated carbocycles. The van der Waals surface area contributed by atoms with Crippen molar-refractivity contribution in [2.45, 2.75) is 26.4 Å². The van der Waals surface area contributed by atoms with Crippen LogP contribution in [-0.2, 0) is 4.74 Å². The number of carbonyl (C=O) groups excluding carboxylic acids is 1. The van der Waals surface area contributed by atoms with Crippen molar-refractivity contribution in [3.05, 3.63) is 22.9 Å². The topological polar surface area (TPSA) is 63.2 Å². The second kappa shape index (κ2) is 6.58. The van der Waals surface area contributed by atoms with Crippen molar-refractivity contribution in [1.29, 1.82) is 0 Å². The molecule has 5 nitrogen and oxygen atoms in total. The van der Waals surface area contributed by atoms with E-state index in [9.17, 15) is 4.79 Å². The lowest BCUT2D eigenvalue weighted by Crippen LogP contribution is -2.34. The van der Waals surface area contributed by atoms with Gasteiger partial charge in [0.15, 0.2) is 0 Å². The molecule has 0 aliphatic carbocycles. The maximum Gasteiger partial charge on any atom is 0.407 e. The van der Waals surface area contributed by atoms with E-state index in [1.165, 1.54) is 0 Å². The van der Waals surface area contributed by atoms with Crippen LogP contribution in [0.3, 0.4) is 0 Å². The number of rotatable bonds is 4. The normalized spacial score (nSPS) is 10.9. The maximum absolute atomic E-state index is 11.3.